The summed E-state index contributed by atoms with van der Waals surface area (Å²) in [5, 5.41) is 12.9. The fourth-order valence-electron chi connectivity index (χ4n) is 2.74. The quantitative estimate of drug-likeness (QED) is 0.782. The van der Waals surface area contributed by atoms with Gasteiger partial charge in [-0.15, -0.1) is 0 Å². The second-order valence-corrected chi connectivity index (χ2v) is 5.58. The number of hydrogen-bond donors (Lipinski definition) is 3. The van der Waals surface area contributed by atoms with E-state index in [1.165, 1.54) is 18.3 Å². The summed E-state index contributed by atoms with van der Waals surface area (Å²) in [4.78, 5) is 12.5. The Balaban J connectivity index is 1.78. The van der Waals surface area contributed by atoms with E-state index >= 15 is 0 Å². The van der Waals surface area contributed by atoms with Crippen molar-refractivity contribution in [3.8, 4) is 17.0 Å². The number of carbonyl (C=O) groups is 1. The van der Waals surface area contributed by atoms with Crippen molar-refractivity contribution in [2.24, 2.45) is 0 Å². The number of amides is 1. The van der Waals surface area contributed by atoms with E-state index < -0.39 is 6.61 Å². The van der Waals surface area contributed by atoms with Crippen LogP contribution in [-0.2, 0) is 0 Å². The zero-order chi connectivity index (χ0) is 16.9. The van der Waals surface area contributed by atoms with Crippen LogP contribution in [0.3, 0.4) is 0 Å². The first-order valence-electron chi connectivity index (χ1n) is 7.73. The third kappa shape index (κ3) is 3.88. The summed E-state index contributed by atoms with van der Waals surface area (Å²) in [5.74, 6) is -0.215. The molecule has 1 aliphatic heterocycles. The first-order valence-corrected chi connectivity index (χ1v) is 7.73. The lowest BCUT2D eigenvalue weighted by molar-refractivity contribution is -0.0498. The van der Waals surface area contributed by atoms with Gasteiger partial charge in [-0.05, 0) is 31.5 Å². The van der Waals surface area contributed by atoms with Gasteiger partial charge < -0.3 is 15.4 Å². The number of hydrogen-bond acceptors (Lipinski definition) is 4. The van der Waals surface area contributed by atoms with E-state index in [1.54, 1.807) is 12.1 Å². The number of halogens is 2. The van der Waals surface area contributed by atoms with Crippen molar-refractivity contribution in [1.82, 2.24) is 20.8 Å². The Labute approximate surface area is 137 Å². The van der Waals surface area contributed by atoms with Crippen molar-refractivity contribution in [2.45, 2.75) is 25.5 Å². The first kappa shape index (κ1) is 16.4. The average molecular weight is 336 g/mol. The van der Waals surface area contributed by atoms with Crippen molar-refractivity contribution in [3.63, 3.8) is 0 Å². The number of H-pyrrole nitrogens is 1. The highest BCUT2D eigenvalue weighted by Crippen LogP contribution is 2.26. The van der Waals surface area contributed by atoms with Crippen molar-refractivity contribution in [1.29, 1.82) is 0 Å². The molecule has 8 heteroatoms. The van der Waals surface area contributed by atoms with Crippen LogP contribution in [0.15, 0.2) is 30.5 Å². The molecule has 1 unspecified atom stereocenters. The number of benzene rings is 1. The number of piperidine rings is 1. The Morgan fingerprint density at radius 2 is 2.29 bits per heavy atom. The van der Waals surface area contributed by atoms with E-state index in [4.69, 9.17) is 0 Å². The van der Waals surface area contributed by atoms with Crippen LogP contribution in [0, 0.1) is 0 Å². The molecule has 128 valence electrons. The summed E-state index contributed by atoms with van der Waals surface area (Å²) in [7, 11) is 0. The molecule has 0 spiro atoms. The number of aromatic amines is 1. The van der Waals surface area contributed by atoms with Crippen molar-refractivity contribution in [2.75, 3.05) is 13.1 Å². The molecular weight excluding hydrogens is 318 g/mol. The third-order valence-corrected chi connectivity index (χ3v) is 3.86. The third-order valence-electron chi connectivity index (χ3n) is 3.86. The molecule has 1 fully saturated rings. The van der Waals surface area contributed by atoms with Crippen LogP contribution in [0.1, 0.15) is 23.2 Å². The molecule has 1 aliphatic rings. The van der Waals surface area contributed by atoms with Crippen LogP contribution in [0.4, 0.5) is 8.78 Å². The average Bonchev–Trinajstić information content (AvgIpc) is 3.05. The number of nitrogens with one attached hydrogen (secondary N) is 3. The van der Waals surface area contributed by atoms with Crippen LogP contribution >= 0.6 is 0 Å². The molecule has 1 atom stereocenters. The summed E-state index contributed by atoms with van der Waals surface area (Å²) in [5.41, 5.74) is 1.39. The van der Waals surface area contributed by atoms with Crippen LogP contribution in [0.2, 0.25) is 0 Å². The monoisotopic (exact) mass is 336 g/mol. The SMILES string of the molecule is O=C(NC1CCCNC1)c1cn[nH]c1-c1cccc(OC(F)F)c1. The molecule has 24 heavy (non-hydrogen) atoms. The molecule has 0 aliphatic carbocycles. The molecule has 1 saturated heterocycles. The molecule has 3 rings (SSSR count). The fraction of sp³-hybridized carbons (Fsp3) is 0.375. The van der Waals surface area contributed by atoms with Crippen LogP contribution in [0.25, 0.3) is 11.3 Å². The molecule has 0 bridgehead atoms. The lowest BCUT2D eigenvalue weighted by Crippen LogP contribution is -2.45. The maximum atomic E-state index is 12.5. The van der Waals surface area contributed by atoms with Gasteiger partial charge in [0.25, 0.3) is 5.91 Å². The van der Waals surface area contributed by atoms with Gasteiger partial charge in [0.2, 0.25) is 0 Å². The lowest BCUT2D eigenvalue weighted by Gasteiger charge is -2.23. The smallest absolute Gasteiger partial charge is 0.387 e. The van der Waals surface area contributed by atoms with Crippen LogP contribution in [0.5, 0.6) is 5.75 Å². The predicted molar refractivity (Wildman–Crippen MR) is 84.0 cm³/mol. The molecule has 2 aromatic rings. The fourth-order valence-corrected chi connectivity index (χ4v) is 2.74. The minimum atomic E-state index is -2.90. The molecular formula is C16H18F2N4O2. The summed E-state index contributed by atoms with van der Waals surface area (Å²) in [6.45, 7) is -1.21. The predicted octanol–water partition coefficient (Wildman–Crippen LogP) is 2.16. The number of nitrogens with zero attached hydrogens (tertiary/aromatic N) is 1. The van der Waals surface area contributed by atoms with E-state index in [0.29, 0.717) is 16.8 Å². The van der Waals surface area contributed by atoms with Gasteiger partial charge in [-0.2, -0.15) is 13.9 Å². The van der Waals surface area contributed by atoms with Gasteiger partial charge >= 0.3 is 6.61 Å². The molecule has 0 radical (unpaired) electrons. The van der Waals surface area contributed by atoms with Crippen LogP contribution < -0.4 is 15.4 Å². The highest BCUT2D eigenvalue weighted by Gasteiger charge is 2.20. The Bertz CT molecular complexity index is 699. The van der Waals surface area contributed by atoms with Gasteiger partial charge in [-0.25, -0.2) is 0 Å². The second kappa shape index (κ2) is 7.39. The molecule has 1 amide bonds. The van der Waals surface area contributed by atoms with E-state index in [-0.39, 0.29) is 17.7 Å². The van der Waals surface area contributed by atoms with E-state index in [1.807, 2.05) is 0 Å². The lowest BCUT2D eigenvalue weighted by atomic mass is 10.1. The minimum absolute atomic E-state index is 0.0277. The van der Waals surface area contributed by atoms with Gasteiger partial charge in [-0.3, -0.25) is 9.89 Å². The zero-order valence-corrected chi connectivity index (χ0v) is 12.9. The standard InChI is InChI=1S/C16H18F2N4O2/c17-16(18)24-12-5-1-3-10(7-12)14-13(9-20-22-14)15(23)21-11-4-2-6-19-8-11/h1,3,5,7,9,11,16,19H,2,4,6,8H2,(H,20,22)(H,21,23). The maximum absolute atomic E-state index is 12.5. The maximum Gasteiger partial charge on any atom is 0.387 e. The Morgan fingerprint density at radius 3 is 3.04 bits per heavy atom. The van der Waals surface area contributed by atoms with E-state index in [2.05, 4.69) is 25.6 Å². The summed E-state index contributed by atoms with van der Waals surface area (Å²) < 4.78 is 29.1. The highest BCUT2D eigenvalue weighted by molar-refractivity contribution is 6.00. The molecule has 3 N–H and O–H groups in total. The van der Waals surface area contributed by atoms with Gasteiger partial charge in [0.1, 0.15) is 5.75 Å². The second-order valence-electron chi connectivity index (χ2n) is 5.58. The summed E-state index contributed by atoms with van der Waals surface area (Å²) in [6, 6.07) is 6.23. The molecule has 2 heterocycles. The van der Waals surface area contributed by atoms with E-state index in [9.17, 15) is 13.6 Å². The molecule has 1 aromatic heterocycles. The highest BCUT2D eigenvalue weighted by atomic mass is 19.3. The van der Waals surface area contributed by atoms with Gasteiger partial charge in [0.05, 0.1) is 17.5 Å². The minimum Gasteiger partial charge on any atom is -0.435 e. The number of ether oxygens (including phenoxy) is 1. The van der Waals surface area contributed by atoms with Crippen LogP contribution in [-0.4, -0.2) is 41.8 Å². The van der Waals surface area contributed by atoms with E-state index in [0.717, 1.165) is 25.9 Å². The van der Waals surface area contributed by atoms with Crippen molar-refractivity contribution >= 4 is 5.91 Å². The normalized spacial score (nSPS) is 17.7. The molecule has 6 nitrogen and oxygen atoms in total. The zero-order valence-electron chi connectivity index (χ0n) is 12.9. The van der Waals surface area contributed by atoms with Crippen molar-refractivity contribution < 1.29 is 18.3 Å². The Hall–Kier alpha value is -2.48. The number of carbonyl (C=O) groups excluding carboxylic acids is 1. The largest absolute Gasteiger partial charge is 0.435 e. The molecule has 0 saturated carbocycles. The van der Waals surface area contributed by atoms with Gasteiger partial charge in [0, 0.05) is 18.2 Å². The number of rotatable bonds is 5. The van der Waals surface area contributed by atoms with Gasteiger partial charge in [0.15, 0.2) is 0 Å². The first-order chi connectivity index (χ1) is 11.6. The Kier molecular flexibility index (Phi) is 5.05. The number of aromatic nitrogens is 2. The molecule has 1 aromatic carbocycles. The van der Waals surface area contributed by atoms with Crippen molar-refractivity contribution in [3.05, 3.63) is 36.0 Å². The summed E-state index contributed by atoms with van der Waals surface area (Å²) in [6.07, 6.45) is 3.36. The number of alkyl halides is 2. The topological polar surface area (TPSA) is 79.0 Å². The Morgan fingerprint density at radius 1 is 1.42 bits per heavy atom. The summed E-state index contributed by atoms with van der Waals surface area (Å²) >= 11 is 0. The van der Waals surface area contributed by atoms with Gasteiger partial charge in [-0.1, -0.05) is 12.1 Å².